The zero-order valence-electron chi connectivity index (χ0n) is 12.2. The van der Waals surface area contributed by atoms with E-state index >= 15 is 0 Å². The summed E-state index contributed by atoms with van der Waals surface area (Å²) in [6, 6.07) is 18.3. The molecule has 0 spiro atoms. The van der Waals surface area contributed by atoms with Crippen LogP contribution in [0.25, 0.3) is 0 Å². The number of para-hydroxylation sites is 1. The monoisotopic (exact) mass is 284 g/mol. The van der Waals surface area contributed by atoms with Crippen LogP contribution in [0.3, 0.4) is 0 Å². The molecular formula is C18H20O3. The fourth-order valence-corrected chi connectivity index (χ4v) is 2.11. The van der Waals surface area contributed by atoms with Gasteiger partial charge in [-0.05, 0) is 23.6 Å². The number of methoxy groups -OCH3 is 1. The van der Waals surface area contributed by atoms with Crippen molar-refractivity contribution in [2.75, 3.05) is 13.7 Å². The molecule has 0 fully saturated rings. The van der Waals surface area contributed by atoms with Gasteiger partial charge in [-0.25, -0.2) is 0 Å². The van der Waals surface area contributed by atoms with Crippen molar-refractivity contribution in [2.24, 2.45) is 0 Å². The second kappa shape index (κ2) is 8.10. The van der Waals surface area contributed by atoms with Crippen LogP contribution < -0.4 is 4.74 Å². The molecular weight excluding hydrogens is 264 g/mol. The molecule has 0 bridgehead atoms. The molecule has 0 saturated carbocycles. The molecule has 0 atom stereocenters. The second-order valence-corrected chi connectivity index (χ2v) is 4.80. The van der Waals surface area contributed by atoms with Gasteiger partial charge in [0.1, 0.15) is 5.75 Å². The first-order chi connectivity index (χ1) is 10.3. The summed E-state index contributed by atoms with van der Waals surface area (Å²) < 4.78 is 10.4. The van der Waals surface area contributed by atoms with Crippen molar-refractivity contribution in [3.63, 3.8) is 0 Å². The molecule has 0 aliphatic heterocycles. The Labute approximate surface area is 125 Å². The van der Waals surface area contributed by atoms with Crippen LogP contribution in [0.1, 0.15) is 24.0 Å². The van der Waals surface area contributed by atoms with Crippen LogP contribution in [0.4, 0.5) is 0 Å². The Morgan fingerprint density at radius 2 is 1.71 bits per heavy atom. The third kappa shape index (κ3) is 4.95. The Hall–Kier alpha value is -2.29. The molecule has 3 nitrogen and oxygen atoms in total. The lowest BCUT2D eigenvalue weighted by Gasteiger charge is -2.11. The Morgan fingerprint density at radius 1 is 1.00 bits per heavy atom. The molecule has 2 rings (SSSR count). The predicted molar refractivity (Wildman–Crippen MR) is 82.4 cm³/mol. The highest BCUT2D eigenvalue weighted by Gasteiger charge is 2.05. The van der Waals surface area contributed by atoms with Crippen molar-refractivity contribution in [3.05, 3.63) is 65.7 Å². The van der Waals surface area contributed by atoms with Crippen molar-refractivity contribution in [1.29, 1.82) is 0 Å². The first-order valence-electron chi connectivity index (χ1n) is 7.11. The maximum absolute atomic E-state index is 11.1. The van der Waals surface area contributed by atoms with Crippen molar-refractivity contribution in [3.8, 4) is 5.75 Å². The van der Waals surface area contributed by atoms with Gasteiger partial charge >= 0.3 is 5.97 Å². The van der Waals surface area contributed by atoms with E-state index in [4.69, 9.17) is 4.74 Å². The summed E-state index contributed by atoms with van der Waals surface area (Å²) in [5, 5.41) is 0. The lowest BCUT2D eigenvalue weighted by molar-refractivity contribution is -0.140. The minimum atomic E-state index is -0.198. The number of carbonyl (C=O) groups excluding carboxylic acids is 1. The quantitative estimate of drug-likeness (QED) is 0.575. The topological polar surface area (TPSA) is 35.5 Å². The van der Waals surface area contributed by atoms with Gasteiger partial charge in [0.05, 0.1) is 13.7 Å². The van der Waals surface area contributed by atoms with E-state index in [-0.39, 0.29) is 5.97 Å². The van der Waals surface area contributed by atoms with Crippen LogP contribution in [-0.2, 0) is 16.0 Å². The molecule has 3 heteroatoms. The van der Waals surface area contributed by atoms with Gasteiger partial charge in [0, 0.05) is 12.8 Å². The van der Waals surface area contributed by atoms with Crippen molar-refractivity contribution in [2.45, 2.75) is 19.3 Å². The van der Waals surface area contributed by atoms with Gasteiger partial charge in [-0.3, -0.25) is 4.79 Å². The highest BCUT2D eigenvalue weighted by Crippen LogP contribution is 2.21. The van der Waals surface area contributed by atoms with E-state index in [1.54, 1.807) is 0 Å². The summed E-state index contributed by atoms with van der Waals surface area (Å²) in [5.41, 5.74) is 2.41. The summed E-state index contributed by atoms with van der Waals surface area (Å²) >= 11 is 0. The summed E-state index contributed by atoms with van der Waals surface area (Å²) in [5.74, 6) is 0.683. The van der Waals surface area contributed by atoms with Crippen LogP contribution in [-0.4, -0.2) is 19.7 Å². The zero-order chi connectivity index (χ0) is 14.9. The van der Waals surface area contributed by atoms with E-state index in [9.17, 15) is 4.79 Å². The van der Waals surface area contributed by atoms with Gasteiger partial charge in [0.25, 0.3) is 0 Å². The molecule has 0 amide bonds. The third-order valence-corrected chi connectivity index (χ3v) is 3.22. The smallest absolute Gasteiger partial charge is 0.305 e. The molecule has 0 heterocycles. The van der Waals surface area contributed by atoms with Gasteiger partial charge in [0.15, 0.2) is 0 Å². The van der Waals surface area contributed by atoms with E-state index in [0.29, 0.717) is 19.4 Å². The minimum absolute atomic E-state index is 0.198. The van der Waals surface area contributed by atoms with Gasteiger partial charge in [-0.1, -0.05) is 48.5 Å². The normalized spacial score (nSPS) is 10.1. The zero-order valence-corrected chi connectivity index (χ0v) is 12.2. The summed E-state index contributed by atoms with van der Waals surface area (Å²) in [4.78, 5) is 11.1. The molecule has 2 aromatic rings. The summed E-state index contributed by atoms with van der Waals surface area (Å²) in [6.45, 7) is 0.515. The Kier molecular flexibility index (Phi) is 5.83. The fourth-order valence-electron chi connectivity index (χ4n) is 2.11. The molecule has 21 heavy (non-hydrogen) atoms. The largest absolute Gasteiger partial charge is 0.493 e. The lowest BCUT2D eigenvalue weighted by atomic mass is 10.0. The molecule has 0 aromatic heterocycles. The minimum Gasteiger partial charge on any atom is -0.493 e. The summed E-state index contributed by atoms with van der Waals surface area (Å²) in [7, 11) is 1.40. The van der Waals surface area contributed by atoms with Crippen LogP contribution in [0.5, 0.6) is 5.75 Å². The number of hydrogen-bond acceptors (Lipinski definition) is 3. The number of benzene rings is 2. The number of rotatable bonds is 7. The van der Waals surface area contributed by atoms with Crippen molar-refractivity contribution < 1.29 is 14.3 Å². The van der Waals surface area contributed by atoms with Gasteiger partial charge < -0.3 is 9.47 Å². The average molecular weight is 284 g/mol. The van der Waals surface area contributed by atoms with Crippen LogP contribution >= 0.6 is 0 Å². The second-order valence-electron chi connectivity index (χ2n) is 4.80. The Balaban J connectivity index is 1.92. The summed E-state index contributed by atoms with van der Waals surface area (Å²) in [6.07, 6.45) is 1.89. The van der Waals surface area contributed by atoms with E-state index in [1.165, 1.54) is 12.7 Å². The number of hydrogen-bond donors (Lipinski definition) is 0. The first kappa shape index (κ1) is 15.1. The Bertz CT molecular complexity index is 564. The number of esters is 1. The van der Waals surface area contributed by atoms with E-state index in [0.717, 1.165) is 17.7 Å². The third-order valence-electron chi connectivity index (χ3n) is 3.22. The fraction of sp³-hybridized carbons (Fsp3) is 0.278. The number of ether oxygens (including phenoxy) is 2. The van der Waals surface area contributed by atoms with Gasteiger partial charge in [-0.2, -0.15) is 0 Å². The molecule has 110 valence electrons. The molecule has 0 saturated heterocycles. The molecule has 0 radical (unpaired) electrons. The predicted octanol–water partition coefficient (Wildman–Crippen LogP) is 3.61. The van der Waals surface area contributed by atoms with Gasteiger partial charge in [0.2, 0.25) is 0 Å². The van der Waals surface area contributed by atoms with Crippen molar-refractivity contribution >= 4 is 5.97 Å². The van der Waals surface area contributed by atoms with E-state index in [2.05, 4.69) is 22.9 Å². The SMILES string of the molecule is COC(=O)CCCOc1ccccc1Cc1ccccc1. The molecule has 0 aliphatic carbocycles. The van der Waals surface area contributed by atoms with E-state index < -0.39 is 0 Å². The number of carbonyl (C=O) groups is 1. The molecule has 0 unspecified atom stereocenters. The molecule has 2 aromatic carbocycles. The average Bonchev–Trinajstić information content (AvgIpc) is 2.53. The molecule has 0 aliphatic rings. The van der Waals surface area contributed by atoms with E-state index in [1.807, 2.05) is 36.4 Å². The highest BCUT2D eigenvalue weighted by atomic mass is 16.5. The van der Waals surface area contributed by atoms with Crippen LogP contribution in [0.15, 0.2) is 54.6 Å². The first-order valence-corrected chi connectivity index (χ1v) is 7.11. The Morgan fingerprint density at radius 3 is 2.48 bits per heavy atom. The maximum Gasteiger partial charge on any atom is 0.305 e. The molecule has 0 N–H and O–H groups in total. The maximum atomic E-state index is 11.1. The lowest BCUT2D eigenvalue weighted by Crippen LogP contribution is -2.05. The van der Waals surface area contributed by atoms with Crippen LogP contribution in [0.2, 0.25) is 0 Å². The highest BCUT2D eigenvalue weighted by molar-refractivity contribution is 5.69. The standard InChI is InChI=1S/C18H20O3/c1-20-18(19)12-7-13-21-17-11-6-5-10-16(17)14-15-8-3-2-4-9-15/h2-6,8-11H,7,12-14H2,1H3. The van der Waals surface area contributed by atoms with Gasteiger partial charge in [-0.15, -0.1) is 0 Å². The van der Waals surface area contributed by atoms with Crippen molar-refractivity contribution in [1.82, 2.24) is 0 Å². The van der Waals surface area contributed by atoms with Crippen LogP contribution in [0, 0.1) is 0 Å².